The van der Waals surface area contributed by atoms with E-state index in [1.54, 1.807) is 0 Å². The highest BCUT2D eigenvalue weighted by atomic mass is 19.3. The molecule has 3 fully saturated rings. The molecule has 0 N–H and O–H groups in total. The fourth-order valence-electron chi connectivity index (χ4n) is 5.64. The van der Waals surface area contributed by atoms with Crippen LogP contribution in [-0.2, 0) is 9.74 Å². The number of hydrogen-bond acceptors (Lipinski definition) is 6. The highest BCUT2D eigenvalue weighted by Crippen LogP contribution is 2.33. The number of amides is 1. The molecular formula is C24H39FN4O3. The molecule has 1 aromatic rings. The second-order valence-electron chi connectivity index (χ2n) is 10.4. The summed E-state index contributed by atoms with van der Waals surface area (Å²) in [5.74, 6) is 2.27. The van der Waals surface area contributed by atoms with Crippen molar-refractivity contribution in [2.24, 2.45) is 11.8 Å². The minimum atomic E-state index is -0.273. The lowest BCUT2D eigenvalue weighted by Gasteiger charge is -2.36. The molecule has 4 heterocycles. The van der Waals surface area contributed by atoms with Crippen LogP contribution < -0.4 is 4.90 Å². The number of piperidine rings is 2. The van der Waals surface area contributed by atoms with Crippen molar-refractivity contribution < 1.29 is 18.8 Å². The van der Waals surface area contributed by atoms with Crippen molar-refractivity contribution in [3.8, 4) is 0 Å². The van der Waals surface area contributed by atoms with Crippen LogP contribution in [0.1, 0.15) is 71.0 Å². The molecule has 0 aromatic carbocycles. The second kappa shape index (κ2) is 10.5. The molecule has 0 radical (unpaired) electrons. The first kappa shape index (κ1) is 23.5. The van der Waals surface area contributed by atoms with E-state index in [4.69, 9.17) is 4.52 Å². The van der Waals surface area contributed by atoms with E-state index in [9.17, 15) is 9.32 Å². The van der Waals surface area contributed by atoms with Crippen molar-refractivity contribution in [2.75, 3.05) is 44.2 Å². The Hall–Kier alpha value is -1.67. The fourth-order valence-corrected chi connectivity index (χ4v) is 5.64. The lowest BCUT2D eigenvalue weighted by Crippen LogP contribution is -2.42. The third-order valence-electron chi connectivity index (χ3n) is 7.71. The van der Waals surface area contributed by atoms with E-state index in [2.05, 4.69) is 40.7 Å². The number of hydrogen-bond donors (Lipinski definition) is 0. The van der Waals surface area contributed by atoms with Crippen molar-refractivity contribution >= 4 is 11.7 Å². The largest absolute Gasteiger partial charge is 0.358 e. The van der Waals surface area contributed by atoms with Gasteiger partial charge in [0.25, 0.3) is 0 Å². The standard InChI is InChI=1S/C24H39FN4O3/c1-17(2)23(24(30)29-10-4-5-18(29)3)21-15-22(26-32-21)28-13-6-19(7-14-28)16-27-11-8-20(31-25)9-12-27/h15,17-20,23H,4-14,16H2,1-3H3. The van der Waals surface area contributed by atoms with Gasteiger partial charge in [0, 0.05) is 51.4 Å². The van der Waals surface area contributed by atoms with E-state index in [1.165, 1.54) is 0 Å². The number of anilines is 1. The summed E-state index contributed by atoms with van der Waals surface area (Å²) in [6.07, 6.45) is 5.72. The van der Waals surface area contributed by atoms with Crippen LogP contribution in [0.4, 0.5) is 10.3 Å². The van der Waals surface area contributed by atoms with Gasteiger partial charge in [-0.2, -0.15) is 4.94 Å². The predicted molar refractivity (Wildman–Crippen MR) is 121 cm³/mol. The molecular weight excluding hydrogens is 411 g/mol. The molecule has 2 atom stereocenters. The van der Waals surface area contributed by atoms with Gasteiger partial charge in [0.2, 0.25) is 5.91 Å². The summed E-state index contributed by atoms with van der Waals surface area (Å²) in [6.45, 7) is 12.0. The average Bonchev–Trinajstić information content (AvgIpc) is 3.44. The smallest absolute Gasteiger partial charge is 0.233 e. The second-order valence-corrected chi connectivity index (χ2v) is 10.4. The van der Waals surface area contributed by atoms with E-state index < -0.39 is 0 Å². The van der Waals surface area contributed by atoms with Gasteiger partial charge in [0.15, 0.2) is 11.6 Å². The normalized spacial score (nSPS) is 25.1. The predicted octanol–water partition coefficient (Wildman–Crippen LogP) is 4.01. The lowest BCUT2D eigenvalue weighted by molar-refractivity contribution is -0.191. The van der Waals surface area contributed by atoms with Crippen molar-refractivity contribution in [2.45, 2.75) is 77.4 Å². The summed E-state index contributed by atoms with van der Waals surface area (Å²) >= 11 is 0. The molecule has 1 amide bonds. The Morgan fingerprint density at radius 3 is 2.47 bits per heavy atom. The van der Waals surface area contributed by atoms with Crippen LogP contribution in [0.25, 0.3) is 0 Å². The van der Waals surface area contributed by atoms with E-state index >= 15 is 0 Å². The van der Waals surface area contributed by atoms with Crippen molar-refractivity contribution in [1.29, 1.82) is 0 Å². The fraction of sp³-hybridized carbons (Fsp3) is 0.833. The van der Waals surface area contributed by atoms with Crippen LogP contribution in [0.2, 0.25) is 0 Å². The number of carbonyl (C=O) groups excluding carboxylic acids is 1. The summed E-state index contributed by atoms with van der Waals surface area (Å²) in [6, 6.07) is 2.30. The van der Waals surface area contributed by atoms with Crippen LogP contribution in [-0.4, -0.2) is 72.3 Å². The molecule has 2 unspecified atom stereocenters. The Labute approximate surface area is 191 Å². The molecule has 3 saturated heterocycles. The van der Waals surface area contributed by atoms with Crippen LogP contribution >= 0.6 is 0 Å². The van der Waals surface area contributed by atoms with Gasteiger partial charge >= 0.3 is 0 Å². The zero-order valence-corrected chi connectivity index (χ0v) is 19.8. The van der Waals surface area contributed by atoms with E-state index in [0.717, 1.165) is 83.6 Å². The van der Waals surface area contributed by atoms with Crippen molar-refractivity contribution in [3.63, 3.8) is 0 Å². The van der Waals surface area contributed by atoms with E-state index in [0.29, 0.717) is 17.7 Å². The number of carbonyl (C=O) groups is 1. The molecule has 32 heavy (non-hydrogen) atoms. The number of nitrogens with zero attached hydrogens (tertiary/aromatic N) is 4. The number of likely N-dealkylation sites (tertiary alicyclic amines) is 2. The molecule has 3 aliphatic heterocycles. The Morgan fingerprint density at radius 1 is 1.16 bits per heavy atom. The van der Waals surface area contributed by atoms with Crippen LogP contribution in [0, 0.1) is 11.8 Å². The van der Waals surface area contributed by atoms with Gasteiger partial charge in [-0.15, -0.1) is 0 Å². The Bertz CT molecular complexity index is 741. The third kappa shape index (κ3) is 5.28. The van der Waals surface area contributed by atoms with Gasteiger partial charge in [0.1, 0.15) is 12.0 Å². The maximum Gasteiger partial charge on any atom is 0.233 e. The maximum atomic E-state index is 13.2. The Morgan fingerprint density at radius 2 is 1.88 bits per heavy atom. The zero-order valence-electron chi connectivity index (χ0n) is 19.8. The summed E-state index contributed by atoms with van der Waals surface area (Å²) in [5.41, 5.74) is 0. The molecule has 0 bridgehead atoms. The van der Waals surface area contributed by atoms with Gasteiger partial charge in [-0.05, 0) is 61.8 Å². The summed E-state index contributed by atoms with van der Waals surface area (Å²) in [7, 11) is 0. The molecule has 0 saturated carbocycles. The minimum Gasteiger partial charge on any atom is -0.358 e. The Kier molecular flexibility index (Phi) is 7.71. The van der Waals surface area contributed by atoms with Gasteiger partial charge in [-0.3, -0.25) is 4.79 Å². The highest BCUT2D eigenvalue weighted by Gasteiger charge is 2.36. The van der Waals surface area contributed by atoms with Crippen LogP contribution in [0.3, 0.4) is 0 Å². The van der Waals surface area contributed by atoms with Gasteiger partial charge < -0.3 is 19.2 Å². The van der Waals surface area contributed by atoms with Crippen molar-refractivity contribution in [3.05, 3.63) is 11.8 Å². The number of rotatable bonds is 7. The first-order valence-corrected chi connectivity index (χ1v) is 12.5. The summed E-state index contributed by atoms with van der Waals surface area (Å²) in [5, 5.41) is 4.35. The van der Waals surface area contributed by atoms with Crippen LogP contribution in [0.15, 0.2) is 10.6 Å². The molecule has 3 aliphatic rings. The van der Waals surface area contributed by atoms with Gasteiger partial charge in [-0.25, -0.2) is 0 Å². The maximum absolute atomic E-state index is 13.2. The van der Waals surface area contributed by atoms with Gasteiger partial charge in [0.05, 0.1) is 0 Å². The highest BCUT2D eigenvalue weighted by molar-refractivity contribution is 5.84. The lowest BCUT2D eigenvalue weighted by atomic mass is 9.91. The van der Waals surface area contributed by atoms with E-state index in [-0.39, 0.29) is 23.8 Å². The molecule has 4 rings (SSSR count). The molecule has 8 heteroatoms. The number of aromatic nitrogens is 1. The molecule has 0 spiro atoms. The zero-order chi connectivity index (χ0) is 22.7. The first-order valence-electron chi connectivity index (χ1n) is 12.5. The molecule has 180 valence electrons. The average molecular weight is 451 g/mol. The molecule has 7 nitrogen and oxygen atoms in total. The molecule has 1 aromatic heterocycles. The first-order chi connectivity index (χ1) is 15.5. The van der Waals surface area contributed by atoms with E-state index in [1.807, 2.05) is 11.0 Å². The minimum absolute atomic E-state index is 0.161. The molecule has 0 aliphatic carbocycles. The quantitative estimate of drug-likeness (QED) is 0.626. The topological polar surface area (TPSA) is 62.1 Å². The Balaban J connectivity index is 1.31. The van der Waals surface area contributed by atoms with Crippen molar-refractivity contribution in [1.82, 2.24) is 15.0 Å². The summed E-state index contributed by atoms with van der Waals surface area (Å²) in [4.78, 5) is 24.0. The van der Waals surface area contributed by atoms with Gasteiger partial charge in [-0.1, -0.05) is 19.0 Å². The SMILES string of the molecule is CC(C)C(C(=O)N1CCCC1C)c1cc(N2CCC(CN3CCC(OF)CC3)CC2)no1. The summed E-state index contributed by atoms with van der Waals surface area (Å²) < 4.78 is 18.1. The number of halogens is 1. The monoisotopic (exact) mass is 450 g/mol. The third-order valence-corrected chi connectivity index (χ3v) is 7.71. The van der Waals surface area contributed by atoms with Crippen LogP contribution in [0.5, 0.6) is 0 Å².